The lowest BCUT2D eigenvalue weighted by Crippen LogP contribution is -2.63. The third-order valence-corrected chi connectivity index (χ3v) is 8.29. The molecule has 0 spiro atoms. The zero-order valence-electron chi connectivity index (χ0n) is 18.3. The molecule has 11 heteroatoms. The van der Waals surface area contributed by atoms with Crippen molar-refractivity contribution in [3.05, 3.63) is 28.6 Å². The van der Waals surface area contributed by atoms with Crippen LogP contribution < -0.4 is 10.00 Å². The molecule has 0 saturated carbocycles. The number of β-lactam (4-membered cyclic amide) rings is 1. The number of carboxylic acid groups (broad SMARTS) is 2. The van der Waals surface area contributed by atoms with Crippen LogP contribution in [0, 0.1) is 11.8 Å². The van der Waals surface area contributed by atoms with Gasteiger partial charge in [-0.3, -0.25) is 4.79 Å². The van der Waals surface area contributed by atoms with Gasteiger partial charge in [0.05, 0.1) is 30.8 Å². The summed E-state index contributed by atoms with van der Waals surface area (Å²) in [5.74, 6) is -3.00. The summed E-state index contributed by atoms with van der Waals surface area (Å²) in [5, 5.41) is 32.4. The van der Waals surface area contributed by atoms with Crippen molar-refractivity contribution in [1.82, 2.24) is 14.9 Å². The Hall–Kier alpha value is -2.37. The zero-order chi connectivity index (χ0) is 23.3. The highest BCUT2D eigenvalue weighted by molar-refractivity contribution is 8.03. The molecule has 32 heavy (non-hydrogen) atoms. The van der Waals surface area contributed by atoms with Crippen molar-refractivity contribution in [2.75, 3.05) is 6.54 Å². The number of aliphatic hydroxyl groups is 1. The van der Waals surface area contributed by atoms with E-state index in [0.29, 0.717) is 4.91 Å². The van der Waals surface area contributed by atoms with E-state index in [0.717, 1.165) is 25.1 Å². The predicted octanol–water partition coefficient (Wildman–Crippen LogP) is -0.443. The molecule has 0 radical (unpaired) electrons. The molecule has 6 atom stereocenters. The minimum absolute atomic E-state index is 0.0648. The highest BCUT2D eigenvalue weighted by Gasteiger charge is 2.60. The second-order valence-corrected chi connectivity index (χ2v) is 10.2. The van der Waals surface area contributed by atoms with Crippen molar-refractivity contribution in [1.29, 1.82) is 0 Å². The fraction of sp³-hybridized carbons (Fsp3) is 0.619. The highest BCUT2D eigenvalue weighted by atomic mass is 32.2. The Kier molecular flexibility index (Phi) is 6.08. The van der Waals surface area contributed by atoms with E-state index >= 15 is 0 Å². The largest absolute Gasteiger partial charge is 0.477 e. The topological polar surface area (TPSA) is 136 Å². The van der Waals surface area contributed by atoms with E-state index in [1.54, 1.807) is 17.8 Å². The molecule has 1 aromatic heterocycles. The van der Waals surface area contributed by atoms with Crippen molar-refractivity contribution in [2.45, 2.75) is 56.7 Å². The molecule has 4 N–H and O–H groups in total. The van der Waals surface area contributed by atoms with Crippen LogP contribution in [0.25, 0.3) is 0 Å². The van der Waals surface area contributed by atoms with Gasteiger partial charge in [-0.25, -0.2) is 9.59 Å². The normalized spacial score (nSPS) is 30.4. The maximum Gasteiger partial charge on any atom is 0.372 e. The highest BCUT2D eigenvalue weighted by Crippen LogP contribution is 2.51. The Bertz CT molecular complexity index is 989. The Morgan fingerprint density at radius 3 is 2.72 bits per heavy atom. The number of thioether (sulfide) groups is 1. The van der Waals surface area contributed by atoms with Crippen LogP contribution in [0.2, 0.25) is 0 Å². The number of nitrogens with zero attached hydrogens (tertiary/aromatic N) is 3. The van der Waals surface area contributed by atoms with Gasteiger partial charge in [0.2, 0.25) is 5.91 Å². The molecule has 2 fully saturated rings. The number of hydrogen-bond donors (Lipinski definition) is 4. The summed E-state index contributed by atoms with van der Waals surface area (Å²) in [7, 11) is 1.84. The molecule has 0 aromatic carbocycles. The van der Waals surface area contributed by atoms with E-state index in [1.807, 2.05) is 24.7 Å². The van der Waals surface area contributed by atoms with Gasteiger partial charge in [-0.05, 0) is 13.3 Å². The number of fused-ring (bicyclic) bond motifs is 1. The van der Waals surface area contributed by atoms with Crippen molar-refractivity contribution in [3.8, 4) is 0 Å². The first-order valence-corrected chi connectivity index (χ1v) is 11.6. The number of carboxylic acids is 2. The fourth-order valence-electron chi connectivity index (χ4n) is 5.18. The van der Waals surface area contributed by atoms with Crippen molar-refractivity contribution in [2.24, 2.45) is 18.9 Å². The number of aromatic nitrogens is 2. The first-order chi connectivity index (χ1) is 15.1. The molecule has 3 aliphatic heterocycles. The van der Waals surface area contributed by atoms with E-state index in [4.69, 9.17) is 5.11 Å². The van der Waals surface area contributed by atoms with Crippen molar-refractivity contribution < 1.29 is 34.4 Å². The van der Waals surface area contributed by atoms with Gasteiger partial charge in [-0.1, -0.05) is 6.92 Å². The summed E-state index contributed by atoms with van der Waals surface area (Å²) in [6.07, 6.45) is 2.51. The maximum absolute atomic E-state index is 12.5. The monoisotopic (exact) mass is 465 g/mol. The average Bonchev–Trinajstić information content (AvgIpc) is 3.34. The average molecular weight is 466 g/mol. The summed E-state index contributed by atoms with van der Waals surface area (Å²) in [6, 6.07) is 1.81. The quantitative estimate of drug-likeness (QED) is 0.300. The number of carbonyl (C=O) groups is 3. The molecule has 4 heterocycles. The first kappa shape index (κ1) is 22.8. The van der Waals surface area contributed by atoms with Gasteiger partial charge >= 0.3 is 11.9 Å². The number of aliphatic carboxylic acids is 2. The van der Waals surface area contributed by atoms with E-state index < -0.39 is 24.0 Å². The van der Waals surface area contributed by atoms with Gasteiger partial charge in [0.1, 0.15) is 5.70 Å². The molecule has 2 saturated heterocycles. The maximum atomic E-state index is 12.5. The zero-order valence-corrected chi connectivity index (χ0v) is 19.1. The molecule has 0 bridgehead atoms. The number of nitrogens with one attached hydrogen (secondary N) is 1. The summed E-state index contributed by atoms with van der Waals surface area (Å²) in [6.45, 7) is 4.13. The Morgan fingerprint density at radius 1 is 1.38 bits per heavy atom. The second kappa shape index (κ2) is 8.53. The van der Waals surface area contributed by atoms with Gasteiger partial charge in [-0.15, -0.1) is 16.4 Å². The van der Waals surface area contributed by atoms with Gasteiger partial charge < -0.3 is 25.5 Å². The summed E-state index contributed by atoms with van der Waals surface area (Å²) >= 11 is 1.53. The third-order valence-electron chi connectivity index (χ3n) is 6.78. The van der Waals surface area contributed by atoms with Crippen LogP contribution in [-0.4, -0.2) is 72.7 Å². The molecule has 0 aliphatic carbocycles. The molecule has 10 nitrogen and oxygen atoms in total. The molecule has 3 aliphatic rings. The third kappa shape index (κ3) is 3.82. The molecule has 0 unspecified atom stereocenters. The molecule has 174 valence electrons. The van der Waals surface area contributed by atoms with Crippen LogP contribution in [0.15, 0.2) is 22.9 Å². The number of rotatable bonds is 8. The smallest absolute Gasteiger partial charge is 0.372 e. The second-order valence-electron chi connectivity index (χ2n) is 8.88. The van der Waals surface area contributed by atoms with Crippen LogP contribution in [-0.2, 0) is 34.4 Å². The first-order valence-electron chi connectivity index (χ1n) is 10.7. The number of aliphatic hydroxyl groups excluding tert-OH is 1. The van der Waals surface area contributed by atoms with Crippen molar-refractivity contribution >= 4 is 29.6 Å². The summed E-state index contributed by atoms with van der Waals surface area (Å²) < 4.78 is 3.48. The summed E-state index contributed by atoms with van der Waals surface area (Å²) in [5.41, 5.74) is 1.08. The van der Waals surface area contributed by atoms with Gasteiger partial charge in [-0.2, -0.15) is 4.68 Å². The Labute approximate surface area is 189 Å². The number of carbonyl (C=O) groups excluding carboxylic acids is 1. The van der Waals surface area contributed by atoms with E-state index in [2.05, 4.69) is 5.32 Å². The Balaban J connectivity index is 1.43. The molecular formula is C21H29N4O6S+. The molecule has 1 amide bonds. The van der Waals surface area contributed by atoms with Crippen LogP contribution in [0.3, 0.4) is 0 Å². The minimum atomic E-state index is -1.10. The van der Waals surface area contributed by atoms with E-state index in [-0.39, 0.29) is 41.4 Å². The lowest BCUT2D eigenvalue weighted by Gasteiger charge is -2.46. The fourth-order valence-corrected chi connectivity index (χ4v) is 6.70. The lowest BCUT2D eigenvalue weighted by molar-refractivity contribution is -0.763. The summed E-state index contributed by atoms with van der Waals surface area (Å²) in [4.78, 5) is 37.5. The minimum Gasteiger partial charge on any atom is -0.477 e. The van der Waals surface area contributed by atoms with Crippen LogP contribution in [0.4, 0.5) is 0 Å². The predicted molar refractivity (Wildman–Crippen MR) is 114 cm³/mol. The van der Waals surface area contributed by atoms with Gasteiger partial charge in [0.15, 0.2) is 6.20 Å². The molecular weight excluding hydrogens is 436 g/mol. The van der Waals surface area contributed by atoms with Crippen molar-refractivity contribution in [3.63, 3.8) is 0 Å². The number of hydrogen-bond acceptors (Lipinski definition) is 6. The molecule has 1 aromatic rings. The standard InChI is InChI=1S/C21H28N4O6S/c1-10-17-16(11(2)26)20(29)25(17)18(21(30)31)19(10)32-14-7-12(22-8-14)6-13-4-5-24(23(13)3)9-15(27)28/h4-5,10-12,14,16-17,22,26H,6-9H2,1-3H3,(H-,27,28,30,31)/p+1/t10-,11-,12-,14+,16-,17-/m1/s1. The SMILES string of the molecule is C[C@@H](O)[C@H]1C(=O)N2C(C(=O)O)=C(S[C@@H]3CN[C@H](Cc4cc[n+](CC(=O)O)n4C)C3)[C@H](C)[C@H]12. The Morgan fingerprint density at radius 2 is 2.09 bits per heavy atom. The number of amides is 1. The van der Waals surface area contributed by atoms with Crippen LogP contribution >= 0.6 is 11.8 Å². The van der Waals surface area contributed by atoms with E-state index in [9.17, 15) is 24.6 Å². The molecule has 4 rings (SSSR count). The van der Waals surface area contributed by atoms with Crippen LogP contribution in [0.1, 0.15) is 26.0 Å². The van der Waals surface area contributed by atoms with E-state index in [1.165, 1.54) is 16.7 Å². The van der Waals surface area contributed by atoms with Crippen LogP contribution in [0.5, 0.6) is 0 Å². The lowest BCUT2D eigenvalue weighted by atomic mass is 9.79. The van der Waals surface area contributed by atoms with Gasteiger partial charge in [0, 0.05) is 41.1 Å². The van der Waals surface area contributed by atoms with Gasteiger partial charge in [0.25, 0.3) is 6.54 Å².